The van der Waals surface area contributed by atoms with Gasteiger partial charge in [0.2, 0.25) is 0 Å². The van der Waals surface area contributed by atoms with E-state index >= 15 is 0 Å². The average Bonchev–Trinajstić information content (AvgIpc) is 2.08. The molecular weight excluding hydrogens is 180 g/mol. The van der Waals surface area contributed by atoms with Crippen LogP contribution in [-0.4, -0.2) is 11.3 Å². The Kier molecular flexibility index (Phi) is 2.55. The number of halogens is 2. The Morgan fingerprint density at radius 1 is 1.54 bits per heavy atom. The number of aromatic nitrogens is 1. The van der Waals surface area contributed by atoms with Gasteiger partial charge in [0, 0.05) is 11.1 Å². The summed E-state index contributed by atoms with van der Waals surface area (Å²) in [7, 11) is 0. The van der Waals surface area contributed by atoms with E-state index < -0.39 is 17.7 Å². The molecule has 0 saturated heterocycles. The van der Waals surface area contributed by atoms with E-state index in [-0.39, 0.29) is 11.1 Å². The number of rotatable bonds is 2. The van der Waals surface area contributed by atoms with Crippen molar-refractivity contribution in [2.75, 3.05) is 0 Å². The second-order valence-electron chi connectivity index (χ2n) is 2.57. The molecule has 0 aliphatic carbocycles. The lowest BCUT2D eigenvalue weighted by molar-refractivity contribution is 0.110. The molecule has 0 saturated carbocycles. The highest BCUT2D eigenvalue weighted by Crippen LogP contribution is 2.18. The molecule has 0 bridgehead atoms. The molecule has 1 rings (SSSR count). The lowest BCUT2D eigenvalue weighted by Crippen LogP contribution is -2.14. The lowest BCUT2D eigenvalue weighted by atomic mass is 10.1. The summed E-state index contributed by atoms with van der Waals surface area (Å²) in [6.07, 6.45) is -2.54. The van der Waals surface area contributed by atoms with Crippen LogP contribution in [0.5, 0.6) is 0 Å². The van der Waals surface area contributed by atoms with Crippen molar-refractivity contribution in [3.05, 3.63) is 33.2 Å². The molecule has 0 aliphatic rings. The van der Waals surface area contributed by atoms with Gasteiger partial charge in [-0.05, 0) is 13.0 Å². The zero-order valence-electron chi connectivity index (χ0n) is 6.80. The number of alkyl halides is 2. The summed E-state index contributed by atoms with van der Waals surface area (Å²) in [6.45, 7) is 1.45. The van der Waals surface area contributed by atoms with E-state index in [0.717, 1.165) is 6.07 Å². The zero-order valence-corrected chi connectivity index (χ0v) is 6.80. The number of carbonyl (C=O) groups is 1. The van der Waals surface area contributed by atoms with Crippen molar-refractivity contribution in [2.24, 2.45) is 0 Å². The molecule has 13 heavy (non-hydrogen) atoms. The molecule has 0 fully saturated rings. The number of hydrogen-bond donors (Lipinski definition) is 1. The highest BCUT2D eigenvalue weighted by atomic mass is 19.3. The first-order valence-electron chi connectivity index (χ1n) is 3.53. The molecule has 0 spiro atoms. The monoisotopic (exact) mass is 187 g/mol. The largest absolute Gasteiger partial charge is 0.320 e. The minimum atomic E-state index is -2.84. The fourth-order valence-corrected chi connectivity index (χ4v) is 0.948. The molecule has 1 N–H and O–H groups in total. The van der Waals surface area contributed by atoms with Crippen LogP contribution < -0.4 is 5.56 Å². The average molecular weight is 187 g/mol. The number of pyridine rings is 1. The van der Waals surface area contributed by atoms with Gasteiger partial charge in [0.15, 0.2) is 6.29 Å². The summed E-state index contributed by atoms with van der Waals surface area (Å²) in [6, 6.07) is 1.15. The van der Waals surface area contributed by atoms with E-state index in [2.05, 4.69) is 0 Å². The van der Waals surface area contributed by atoms with Crippen LogP contribution >= 0.6 is 0 Å². The van der Waals surface area contributed by atoms with Gasteiger partial charge in [0.1, 0.15) is 0 Å². The Morgan fingerprint density at radius 2 is 2.15 bits per heavy atom. The Balaban J connectivity index is 3.41. The number of aromatic amines is 1. The molecule has 3 nitrogen and oxygen atoms in total. The van der Waals surface area contributed by atoms with Crippen molar-refractivity contribution in [1.29, 1.82) is 0 Å². The van der Waals surface area contributed by atoms with Crippen LogP contribution in [0.3, 0.4) is 0 Å². The van der Waals surface area contributed by atoms with Gasteiger partial charge in [0.05, 0.1) is 5.69 Å². The van der Waals surface area contributed by atoms with Gasteiger partial charge in [-0.1, -0.05) is 0 Å². The molecule has 0 aromatic carbocycles. The summed E-state index contributed by atoms with van der Waals surface area (Å²) in [4.78, 5) is 23.2. The summed E-state index contributed by atoms with van der Waals surface area (Å²) < 4.78 is 24.4. The molecular formula is C8H7F2NO2. The Hall–Kier alpha value is -1.52. The van der Waals surface area contributed by atoms with Crippen LogP contribution in [0.4, 0.5) is 8.78 Å². The van der Waals surface area contributed by atoms with Crippen LogP contribution in [0.1, 0.15) is 28.0 Å². The van der Waals surface area contributed by atoms with Gasteiger partial charge in [-0.15, -0.1) is 0 Å². The third kappa shape index (κ3) is 1.80. The molecule has 0 amide bonds. The van der Waals surface area contributed by atoms with Crippen molar-refractivity contribution in [1.82, 2.24) is 4.98 Å². The van der Waals surface area contributed by atoms with Gasteiger partial charge in [0.25, 0.3) is 12.0 Å². The van der Waals surface area contributed by atoms with Crippen LogP contribution in [0, 0.1) is 6.92 Å². The molecule has 0 radical (unpaired) electrons. The first-order chi connectivity index (χ1) is 6.06. The van der Waals surface area contributed by atoms with E-state index in [1.165, 1.54) is 6.92 Å². The Bertz CT molecular complexity index is 384. The SMILES string of the molecule is Cc1cc(C=O)c(C(F)F)[nH]c1=O. The van der Waals surface area contributed by atoms with Gasteiger partial charge in [-0.3, -0.25) is 9.59 Å². The highest BCUT2D eigenvalue weighted by molar-refractivity contribution is 5.76. The molecule has 5 heteroatoms. The van der Waals surface area contributed by atoms with Crippen LogP contribution in [0.2, 0.25) is 0 Å². The molecule has 1 aromatic heterocycles. The predicted molar refractivity (Wildman–Crippen MR) is 42.1 cm³/mol. The number of carbonyl (C=O) groups excluding carboxylic acids is 1. The molecule has 70 valence electrons. The van der Waals surface area contributed by atoms with Crippen molar-refractivity contribution < 1.29 is 13.6 Å². The minimum absolute atomic E-state index is 0.174. The van der Waals surface area contributed by atoms with E-state index in [1.807, 2.05) is 4.98 Å². The Morgan fingerprint density at radius 3 is 2.62 bits per heavy atom. The quantitative estimate of drug-likeness (QED) is 0.712. The lowest BCUT2D eigenvalue weighted by Gasteiger charge is -2.03. The van der Waals surface area contributed by atoms with E-state index in [4.69, 9.17) is 0 Å². The fourth-order valence-electron chi connectivity index (χ4n) is 0.948. The molecule has 0 unspecified atom stereocenters. The van der Waals surface area contributed by atoms with Gasteiger partial charge < -0.3 is 4.98 Å². The van der Waals surface area contributed by atoms with Crippen molar-refractivity contribution in [3.63, 3.8) is 0 Å². The van der Waals surface area contributed by atoms with Crippen molar-refractivity contribution in [2.45, 2.75) is 13.3 Å². The molecule has 0 atom stereocenters. The standard InChI is InChI=1S/C8H7F2NO2/c1-4-2-5(3-12)6(7(9)10)11-8(4)13/h2-3,7H,1H3,(H,11,13). The maximum absolute atomic E-state index is 12.2. The number of nitrogens with one attached hydrogen (secondary N) is 1. The van der Waals surface area contributed by atoms with Crippen LogP contribution in [0.25, 0.3) is 0 Å². The highest BCUT2D eigenvalue weighted by Gasteiger charge is 2.14. The maximum Gasteiger partial charge on any atom is 0.279 e. The van der Waals surface area contributed by atoms with Crippen LogP contribution in [0.15, 0.2) is 10.9 Å². The smallest absolute Gasteiger partial charge is 0.279 e. The first kappa shape index (κ1) is 9.57. The molecule has 1 aromatic rings. The molecule has 1 heterocycles. The summed E-state index contributed by atoms with van der Waals surface area (Å²) in [5, 5.41) is 0. The predicted octanol–water partition coefficient (Wildman–Crippen LogP) is 1.43. The second kappa shape index (κ2) is 3.47. The van der Waals surface area contributed by atoms with E-state index in [9.17, 15) is 18.4 Å². The maximum atomic E-state index is 12.2. The number of H-pyrrole nitrogens is 1. The van der Waals surface area contributed by atoms with Gasteiger partial charge >= 0.3 is 0 Å². The second-order valence-corrected chi connectivity index (χ2v) is 2.57. The topological polar surface area (TPSA) is 49.9 Å². The Labute approximate surface area is 72.4 Å². The number of hydrogen-bond acceptors (Lipinski definition) is 2. The summed E-state index contributed by atoms with van der Waals surface area (Å²) in [5.41, 5.74) is -1.15. The van der Waals surface area contributed by atoms with Crippen molar-refractivity contribution in [3.8, 4) is 0 Å². The third-order valence-corrected chi connectivity index (χ3v) is 1.63. The zero-order chi connectivity index (χ0) is 10.0. The summed E-state index contributed by atoms with van der Waals surface area (Å²) >= 11 is 0. The normalized spacial score (nSPS) is 10.5. The van der Waals surface area contributed by atoms with Gasteiger partial charge in [-0.25, -0.2) is 8.78 Å². The summed E-state index contributed by atoms with van der Waals surface area (Å²) in [5.74, 6) is 0. The van der Waals surface area contributed by atoms with Crippen LogP contribution in [-0.2, 0) is 0 Å². The van der Waals surface area contributed by atoms with E-state index in [0.29, 0.717) is 6.29 Å². The first-order valence-corrected chi connectivity index (χ1v) is 3.53. The third-order valence-electron chi connectivity index (χ3n) is 1.63. The molecule has 0 aliphatic heterocycles. The van der Waals surface area contributed by atoms with Crippen molar-refractivity contribution >= 4 is 6.29 Å². The fraction of sp³-hybridized carbons (Fsp3) is 0.250. The number of aldehydes is 1. The number of aryl methyl sites for hydroxylation is 1. The van der Waals surface area contributed by atoms with E-state index in [1.54, 1.807) is 0 Å². The minimum Gasteiger partial charge on any atom is -0.320 e. The van der Waals surface area contributed by atoms with Gasteiger partial charge in [-0.2, -0.15) is 0 Å².